The maximum atomic E-state index is 5.14. The van der Waals surface area contributed by atoms with Crippen molar-refractivity contribution in [2.45, 2.75) is 18.1 Å². The maximum absolute atomic E-state index is 5.14. The second-order valence-corrected chi connectivity index (χ2v) is 17.0. The van der Waals surface area contributed by atoms with Crippen LogP contribution >= 0.6 is 0 Å². The van der Waals surface area contributed by atoms with Crippen LogP contribution in [-0.4, -0.2) is 11.0 Å². The number of allylic oxidation sites excluding steroid dienone is 4. The van der Waals surface area contributed by atoms with Crippen LogP contribution in [-0.2, 0) is 0 Å². The van der Waals surface area contributed by atoms with Gasteiger partial charge in [0.25, 0.3) is 0 Å². The van der Waals surface area contributed by atoms with Gasteiger partial charge in [-0.2, -0.15) is 0 Å². The Kier molecular flexibility index (Phi) is 9.34. The molecule has 4 heterocycles. The molecule has 12 rings (SSSR count). The average molecular weight is 821 g/mol. The van der Waals surface area contributed by atoms with Crippen molar-refractivity contribution in [1.29, 1.82) is 0 Å². The fraction of sp³-hybridized carbons (Fsp3) is 0.0500. The van der Waals surface area contributed by atoms with E-state index >= 15 is 0 Å². The summed E-state index contributed by atoms with van der Waals surface area (Å²) in [7, 11) is 0. The van der Waals surface area contributed by atoms with Gasteiger partial charge in [0.2, 0.25) is 0 Å². The molecule has 0 spiro atoms. The first-order chi connectivity index (χ1) is 31.6. The molecule has 64 heavy (non-hydrogen) atoms. The molecule has 1 aromatic heterocycles. The van der Waals surface area contributed by atoms with Crippen LogP contribution in [0.1, 0.15) is 45.5 Å². The standard InChI is InChI=1S/C60H44N4/c1-4-10-39(11-5-1)50-34-51(40-12-6-2-7-13-40)36-52(35-50)48-24-20-44-27-31-56(62-57(44)37-48)49-25-21-45-26-30-53(61-58(45)38-49)42-16-18-43(19-17-42)55-33-29-47-23-22-46-28-32-54(41-14-8-3-9-15-41)63-59(46)60(47)64-55/h1-38,53,55,57,61-62,64H. The van der Waals surface area contributed by atoms with E-state index in [4.69, 9.17) is 4.98 Å². The highest BCUT2D eigenvalue weighted by Gasteiger charge is 2.23. The van der Waals surface area contributed by atoms with Crippen molar-refractivity contribution < 1.29 is 0 Å². The molecule has 0 saturated carbocycles. The van der Waals surface area contributed by atoms with Crippen molar-refractivity contribution in [3.63, 3.8) is 0 Å². The SMILES string of the molecule is C1=CC2=CC=C(c3ccc4c(c3)NC(c3ccc(C5C=Cc6ccc7ccc(-c8ccccc8)nc7c6N5)cc3)C=C4)NC2C=C1c1cc(-c2ccccc2)cc(-c2ccccc2)c1. The van der Waals surface area contributed by atoms with E-state index in [1.165, 1.54) is 55.7 Å². The zero-order chi connectivity index (χ0) is 42.4. The first kappa shape index (κ1) is 37.5. The predicted octanol–water partition coefficient (Wildman–Crippen LogP) is 14.5. The van der Waals surface area contributed by atoms with Crippen molar-refractivity contribution in [1.82, 2.24) is 10.3 Å². The van der Waals surface area contributed by atoms with Gasteiger partial charge in [-0.3, -0.25) is 0 Å². The summed E-state index contributed by atoms with van der Waals surface area (Å²) >= 11 is 0. The van der Waals surface area contributed by atoms with Crippen LogP contribution in [0.2, 0.25) is 0 Å². The minimum absolute atomic E-state index is 0.0371. The van der Waals surface area contributed by atoms with Crippen LogP contribution in [0.4, 0.5) is 11.4 Å². The fourth-order valence-corrected chi connectivity index (χ4v) is 9.44. The number of fused-ring (bicyclic) bond motifs is 5. The number of hydrogen-bond acceptors (Lipinski definition) is 4. The molecule has 3 unspecified atom stereocenters. The van der Waals surface area contributed by atoms with Gasteiger partial charge < -0.3 is 16.0 Å². The van der Waals surface area contributed by atoms with E-state index in [2.05, 4.69) is 240 Å². The minimum Gasteiger partial charge on any atom is -0.374 e. The van der Waals surface area contributed by atoms with Crippen LogP contribution in [0.25, 0.3) is 67.8 Å². The highest BCUT2D eigenvalue weighted by atomic mass is 15.0. The van der Waals surface area contributed by atoms with Gasteiger partial charge in [0.1, 0.15) is 0 Å². The van der Waals surface area contributed by atoms with Crippen LogP contribution in [0.15, 0.2) is 224 Å². The molecular formula is C60H44N4. The van der Waals surface area contributed by atoms with Gasteiger partial charge in [0, 0.05) is 22.3 Å². The summed E-state index contributed by atoms with van der Waals surface area (Å²) in [5.74, 6) is 0. The first-order valence-corrected chi connectivity index (χ1v) is 22.1. The molecule has 0 saturated heterocycles. The lowest BCUT2D eigenvalue weighted by Crippen LogP contribution is -2.31. The number of hydrogen-bond donors (Lipinski definition) is 3. The summed E-state index contributed by atoms with van der Waals surface area (Å²) in [5, 5.41) is 12.7. The Morgan fingerprint density at radius 1 is 0.406 bits per heavy atom. The highest BCUT2D eigenvalue weighted by molar-refractivity contribution is 5.97. The zero-order valence-electron chi connectivity index (χ0n) is 35.1. The Morgan fingerprint density at radius 3 is 1.72 bits per heavy atom. The van der Waals surface area contributed by atoms with E-state index in [0.29, 0.717) is 0 Å². The molecule has 0 bridgehead atoms. The Labute approximate surface area is 374 Å². The fourth-order valence-electron chi connectivity index (χ4n) is 9.44. The molecule has 7 aromatic carbocycles. The molecule has 4 aliphatic rings. The number of rotatable bonds is 7. The third kappa shape index (κ3) is 7.15. The highest BCUT2D eigenvalue weighted by Crippen LogP contribution is 2.39. The number of nitrogens with zero attached hydrogens (tertiary/aromatic N) is 1. The molecule has 8 aromatic rings. The number of aromatic nitrogens is 1. The van der Waals surface area contributed by atoms with E-state index in [1.807, 2.05) is 6.07 Å². The quantitative estimate of drug-likeness (QED) is 0.150. The zero-order valence-corrected chi connectivity index (χ0v) is 35.1. The molecule has 3 aliphatic heterocycles. The van der Waals surface area contributed by atoms with Gasteiger partial charge in [0.15, 0.2) is 0 Å². The molecule has 0 radical (unpaired) electrons. The third-order valence-electron chi connectivity index (χ3n) is 12.9. The van der Waals surface area contributed by atoms with Gasteiger partial charge in [-0.25, -0.2) is 4.98 Å². The number of dihydropyridines is 1. The van der Waals surface area contributed by atoms with E-state index in [-0.39, 0.29) is 18.1 Å². The normalized spacial score (nSPS) is 18.0. The molecule has 1 aliphatic carbocycles. The van der Waals surface area contributed by atoms with E-state index < -0.39 is 0 Å². The average Bonchev–Trinajstić information content (AvgIpc) is 3.38. The molecular weight excluding hydrogens is 777 g/mol. The topological polar surface area (TPSA) is 49.0 Å². The number of pyridine rings is 1. The molecule has 0 fully saturated rings. The largest absolute Gasteiger partial charge is 0.374 e. The van der Waals surface area contributed by atoms with Crippen LogP contribution in [0.3, 0.4) is 0 Å². The van der Waals surface area contributed by atoms with Crippen molar-refractivity contribution in [3.8, 4) is 33.5 Å². The molecule has 4 heteroatoms. The van der Waals surface area contributed by atoms with Gasteiger partial charge in [-0.15, -0.1) is 0 Å². The van der Waals surface area contributed by atoms with Crippen molar-refractivity contribution in [3.05, 3.63) is 257 Å². The Hall–Kier alpha value is -8.21. The summed E-state index contributed by atoms with van der Waals surface area (Å²) in [6.45, 7) is 0. The van der Waals surface area contributed by atoms with Gasteiger partial charge in [-0.1, -0.05) is 194 Å². The Morgan fingerprint density at radius 2 is 1.02 bits per heavy atom. The summed E-state index contributed by atoms with van der Waals surface area (Å²) in [6, 6.07) is 63.2. The maximum Gasteiger partial charge on any atom is 0.0947 e. The smallest absolute Gasteiger partial charge is 0.0947 e. The lowest BCUT2D eigenvalue weighted by molar-refractivity contribution is 0.815. The van der Waals surface area contributed by atoms with Gasteiger partial charge in [0.05, 0.1) is 35.0 Å². The molecule has 3 N–H and O–H groups in total. The minimum atomic E-state index is 0.0371. The van der Waals surface area contributed by atoms with E-state index in [0.717, 1.165) is 50.4 Å². The lowest BCUT2D eigenvalue weighted by Gasteiger charge is -2.29. The number of nitrogens with one attached hydrogen (secondary N) is 3. The van der Waals surface area contributed by atoms with E-state index in [1.54, 1.807) is 0 Å². The molecule has 304 valence electrons. The first-order valence-electron chi connectivity index (χ1n) is 22.1. The lowest BCUT2D eigenvalue weighted by atomic mass is 9.88. The Bertz CT molecular complexity index is 3220. The molecule has 3 atom stereocenters. The molecule has 4 nitrogen and oxygen atoms in total. The summed E-state index contributed by atoms with van der Waals surface area (Å²) in [6.07, 6.45) is 20.3. The van der Waals surface area contributed by atoms with Crippen molar-refractivity contribution >= 4 is 45.7 Å². The Balaban J connectivity index is 0.763. The van der Waals surface area contributed by atoms with Crippen molar-refractivity contribution in [2.24, 2.45) is 0 Å². The van der Waals surface area contributed by atoms with Gasteiger partial charge >= 0.3 is 0 Å². The van der Waals surface area contributed by atoms with Crippen LogP contribution in [0.5, 0.6) is 0 Å². The van der Waals surface area contributed by atoms with Crippen LogP contribution in [0, 0.1) is 0 Å². The monoisotopic (exact) mass is 820 g/mol. The third-order valence-corrected chi connectivity index (χ3v) is 12.9. The van der Waals surface area contributed by atoms with E-state index in [9.17, 15) is 0 Å². The predicted molar refractivity (Wildman–Crippen MR) is 268 cm³/mol. The summed E-state index contributed by atoms with van der Waals surface area (Å²) in [4.78, 5) is 5.14. The number of benzene rings is 7. The number of anilines is 2. The summed E-state index contributed by atoms with van der Waals surface area (Å²) in [5.41, 5.74) is 20.8. The molecule has 0 amide bonds. The second-order valence-electron chi connectivity index (χ2n) is 17.0. The van der Waals surface area contributed by atoms with Crippen LogP contribution < -0.4 is 16.0 Å². The summed E-state index contributed by atoms with van der Waals surface area (Å²) < 4.78 is 0. The second kappa shape index (κ2) is 15.9. The van der Waals surface area contributed by atoms with Crippen molar-refractivity contribution in [2.75, 3.05) is 10.6 Å². The van der Waals surface area contributed by atoms with Gasteiger partial charge in [-0.05, 0) is 103 Å².